The number of benzene rings is 2. The molecule has 0 N–H and O–H groups in total. The highest BCUT2D eigenvalue weighted by Gasteiger charge is 2.10. The van der Waals surface area contributed by atoms with Crippen LogP contribution in [0.1, 0.15) is 27.3 Å². The molecule has 0 spiro atoms. The van der Waals surface area contributed by atoms with Crippen molar-refractivity contribution in [2.45, 2.75) is 13.5 Å². The topological polar surface area (TPSA) is 60.7 Å². The van der Waals surface area contributed by atoms with Gasteiger partial charge in [0, 0.05) is 27.9 Å². The maximum atomic E-state index is 12.5. The van der Waals surface area contributed by atoms with Gasteiger partial charge in [-0.2, -0.15) is 0 Å². The maximum Gasteiger partial charge on any atom is 0.258 e. The van der Waals surface area contributed by atoms with Crippen LogP contribution < -0.4 is 10.3 Å². The van der Waals surface area contributed by atoms with E-state index in [4.69, 9.17) is 16.3 Å². The summed E-state index contributed by atoms with van der Waals surface area (Å²) in [4.78, 5) is 29.3. The number of ketones is 1. The zero-order valence-electron chi connectivity index (χ0n) is 15.6. The summed E-state index contributed by atoms with van der Waals surface area (Å²) in [5.41, 5.74) is 2.93. The number of hydrogen-bond donors (Lipinski definition) is 0. The van der Waals surface area contributed by atoms with Crippen molar-refractivity contribution in [2.24, 2.45) is 0 Å². The van der Waals surface area contributed by atoms with Crippen molar-refractivity contribution < 1.29 is 9.53 Å². The molecule has 0 aliphatic carbocycles. The second kappa shape index (κ2) is 7.89. The smallest absolute Gasteiger partial charge is 0.258 e. The molecule has 2 aromatic carbocycles. The molecule has 4 aromatic rings. The van der Waals surface area contributed by atoms with E-state index < -0.39 is 0 Å². The standard InChI is InChI=1S/C23H17ClN2O3/c1-15-3-2-4-21-25-19(13-22(27)26(15)21)14-29-20-11-7-17(8-12-20)23(28)16-5-9-18(24)10-6-16/h2-13H,14H2,1H3. The number of fused-ring (bicyclic) bond motifs is 1. The Morgan fingerprint density at radius 2 is 1.66 bits per heavy atom. The van der Waals surface area contributed by atoms with E-state index in [0.717, 1.165) is 5.69 Å². The molecule has 0 radical (unpaired) electrons. The average molecular weight is 405 g/mol. The Hall–Kier alpha value is -3.44. The molecule has 0 atom stereocenters. The van der Waals surface area contributed by atoms with E-state index in [-0.39, 0.29) is 17.9 Å². The van der Waals surface area contributed by atoms with Crippen molar-refractivity contribution in [2.75, 3.05) is 0 Å². The lowest BCUT2D eigenvalue weighted by molar-refractivity contribution is 0.103. The fourth-order valence-corrected chi connectivity index (χ4v) is 3.19. The van der Waals surface area contributed by atoms with Crippen LogP contribution >= 0.6 is 11.6 Å². The van der Waals surface area contributed by atoms with Gasteiger partial charge in [0.25, 0.3) is 5.56 Å². The number of halogens is 1. The molecule has 0 saturated heterocycles. The predicted molar refractivity (Wildman–Crippen MR) is 112 cm³/mol. The third-order valence-corrected chi connectivity index (χ3v) is 4.79. The Morgan fingerprint density at radius 3 is 2.34 bits per heavy atom. The number of pyridine rings is 1. The van der Waals surface area contributed by atoms with Gasteiger partial charge in [-0.05, 0) is 67.6 Å². The number of rotatable bonds is 5. The SMILES string of the molecule is Cc1cccc2nc(COc3ccc(C(=O)c4ccc(Cl)cc4)cc3)cc(=O)n12. The van der Waals surface area contributed by atoms with Gasteiger partial charge >= 0.3 is 0 Å². The van der Waals surface area contributed by atoms with Crippen LogP contribution in [0.4, 0.5) is 0 Å². The van der Waals surface area contributed by atoms with Gasteiger partial charge in [0.2, 0.25) is 0 Å². The summed E-state index contributed by atoms with van der Waals surface area (Å²) in [5.74, 6) is 0.497. The number of hydrogen-bond acceptors (Lipinski definition) is 4. The third kappa shape index (κ3) is 4.05. The van der Waals surface area contributed by atoms with Crippen LogP contribution in [0.5, 0.6) is 5.75 Å². The van der Waals surface area contributed by atoms with E-state index in [1.165, 1.54) is 6.07 Å². The monoisotopic (exact) mass is 404 g/mol. The predicted octanol–water partition coefficient (Wildman–Crippen LogP) is 4.47. The lowest BCUT2D eigenvalue weighted by Gasteiger charge is -2.09. The lowest BCUT2D eigenvalue weighted by atomic mass is 10.0. The van der Waals surface area contributed by atoms with Gasteiger partial charge < -0.3 is 4.74 Å². The molecule has 2 aromatic heterocycles. The fourth-order valence-electron chi connectivity index (χ4n) is 3.07. The third-order valence-electron chi connectivity index (χ3n) is 4.54. The van der Waals surface area contributed by atoms with E-state index in [0.29, 0.717) is 33.2 Å². The minimum absolute atomic E-state index is 0.0900. The molecule has 6 heteroatoms. The largest absolute Gasteiger partial charge is 0.487 e. The van der Waals surface area contributed by atoms with Crippen LogP contribution in [-0.2, 0) is 6.61 Å². The zero-order chi connectivity index (χ0) is 20.4. The first-order valence-corrected chi connectivity index (χ1v) is 9.40. The fraction of sp³-hybridized carbons (Fsp3) is 0.0870. The molecule has 2 heterocycles. The van der Waals surface area contributed by atoms with Gasteiger partial charge in [-0.15, -0.1) is 0 Å². The summed E-state index contributed by atoms with van der Waals surface area (Å²) in [5, 5.41) is 0.586. The Morgan fingerprint density at radius 1 is 1.00 bits per heavy atom. The minimum atomic E-state index is -0.143. The van der Waals surface area contributed by atoms with Crippen LogP contribution in [0.2, 0.25) is 5.02 Å². The molecular weight excluding hydrogens is 388 g/mol. The number of carbonyl (C=O) groups is 1. The van der Waals surface area contributed by atoms with Gasteiger partial charge in [0.05, 0.1) is 5.69 Å². The van der Waals surface area contributed by atoms with Crippen LogP contribution in [-0.4, -0.2) is 15.2 Å². The van der Waals surface area contributed by atoms with Crippen molar-refractivity contribution in [1.29, 1.82) is 0 Å². The first-order chi connectivity index (χ1) is 14.0. The number of carbonyl (C=O) groups excluding carboxylic acids is 1. The summed E-state index contributed by atoms with van der Waals surface area (Å²) in [6, 6.07) is 20.6. The summed E-state index contributed by atoms with van der Waals surface area (Å²) < 4.78 is 7.30. The first-order valence-electron chi connectivity index (χ1n) is 9.03. The summed E-state index contributed by atoms with van der Waals surface area (Å²) in [6.45, 7) is 2.02. The molecule has 0 aliphatic rings. The van der Waals surface area contributed by atoms with Gasteiger partial charge in [-0.25, -0.2) is 4.98 Å². The highest BCUT2D eigenvalue weighted by molar-refractivity contribution is 6.30. The molecule has 0 saturated carbocycles. The normalized spacial score (nSPS) is 10.8. The van der Waals surface area contributed by atoms with Gasteiger partial charge in [0.1, 0.15) is 18.0 Å². The van der Waals surface area contributed by atoms with E-state index in [1.54, 1.807) is 59.0 Å². The van der Waals surface area contributed by atoms with Gasteiger partial charge in [-0.3, -0.25) is 14.0 Å². The summed E-state index contributed by atoms with van der Waals surface area (Å²) >= 11 is 5.86. The lowest BCUT2D eigenvalue weighted by Crippen LogP contribution is -2.18. The van der Waals surface area contributed by atoms with Crippen molar-refractivity contribution in [3.8, 4) is 5.75 Å². The van der Waals surface area contributed by atoms with Crippen molar-refractivity contribution in [3.05, 3.63) is 111 Å². The molecule has 5 nitrogen and oxygen atoms in total. The quantitative estimate of drug-likeness (QED) is 0.460. The molecule has 0 fully saturated rings. The van der Waals surface area contributed by atoms with Crippen LogP contribution in [0, 0.1) is 6.92 Å². The molecule has 0 bridgehead atoms. The highest BCUT2D eigenvalue weighted by Crippen LogP contribution is 2.18. The zero-order valence-corrected chi connectivity index (χ0v) is 16.4. The van der Waals surface area contributed by atoms with Crippen molar-refractivity contribution in [1.82, 2.24) is 9.38 Å². The van der Waals surface area contributed by atoms with Crippen LogP contribution in [0.3, 0.4) is 0 Å². The highest BCUT2D eigenvalue weighted by atomic mass is 35.5. The Balaban J connectivity index is 1.48. The second-order valence-electron chi connectivity index (χ2n) is 6.60. The molecular formula is C23H17ClN2O3. The molecule has 29 heavy (non-hydrogen) atoms. The first kappa shape index (κ1) is 18.9. The van der Waals surface area contributed by atoms with E-state index in [9.17, 15) is 9.59 Å². The van der Waals surface area contributed by atoms with Crippen LogP contribution in [0.15, 0.2) is 77.6 Å². The second-order valence-corrected chi connectivity index (χ2v) is 7.03. The van der Waals surface area contributed by atoms with E-state index >= 15 is 0 Å². The number of aromatic nitrogens is 2. The van der Waals surface area contributed by atoms with E-state index in [2.05, 4.69) is 4.98 Å². The molecule has 0 unspecified atom stereocenters. The molecule has 0 aliphatic heterocycles. The average Bonchev–Trinajstić information content (AvgIpc) is 2.72. The number of nitrogens with zero attached hydrogens (tertiary/aromatic N) is 2. The Bertz CT molecular complexity index is 1250. The molecule has 144 valence electrons. The van der Waals surface area contributed by atoms with Crippen molar-refractivity contribution in [3.63, 3.8) is 0 Å². The summed E-state index contributed by atoms with van der Waals surface area (Å²) in [7, 11) is 0. The Kier molecular flexibility index (Phi) is 5.14. The van der Waals surface area contributed by atoms with E-state index in [1.807, 2.05) is 19.1 Å². The van der Waals surface area contributed by atoms with Crippen molar-refractivity contribution >= 4 is 23.0 Å². The minimum Gasteiger partial charge on any atom is -0.487 e. The Labute approximate surface area is 172 Å². The summed E-state index contributed by atoms with van der Waals surface area (Å²) in [6.07, 6.45) is 0. The number of ether oxygens (including phenoxy) is 1. The number of aryl methyl sites for hydroxylation is 1. The van der Waals surface area contributed by atoms with Gasteiger partial charge in [-0.1, -0.05) is 17.7 Å². The van der Waals surface area contributed by atoms with Gasteiger partial charge in [0.15, 0.2) is 5.78 Å². The van der Waals surface area contributed by atoms with Crippen LogP contribution in [0.25, 0.3) is 5.65 Å². The molecule has 4 rings (SSSR count). The maximum absolute atomic E-state index is 12.5. The molecule has 0 amide bonds.